The summed E-state index contributed by atoms with van der Waals surface area (Å²) in [5.74, 6) is -0.880. The number of hydrogen-bond donors (Lipinski definition) is 1. The molecule has 0 atom stereocenters. The monoisotopic (exact) mass is 234 g/mol. The third-order valence-corrected chi connectivity index (χ3v) is 1.76. The van der Waals surface area contributed by atoms with E-state index < -0.39 is 24.2 Å². The fourth-order valence-corrected chi connectivity index (χ4v) is 1.12. The van der Waals surface area contributed by atoms with Crippen molar-refractivity contribution in [2.24, 2.45) is 0 Å². The molecule has 0 radical (unpaired) electrons. The van der Waals surface area contributed by atoms with Gasteiger partial charge in [0.1, 0.15) is 12.2 Å². The van der Waals surface area contributed by atoms with Gasteiger partial charge in [-0.3, -0.25) is 9.59 Å². The lowest BCUT2D eigenvalue weighted by atomic mass is 10.3. The van der Waals surface area contributed by atoms with Gasteiger partial charge >= 0.3 is 6.18 Å². The minimum absolute atomic E-state index is 0.167. The normalized spacial score (nSPS) is 11.2. The first-order valence-electron chi connectivity index (χ1n) is 4.31. The van der Waals surface area contributed by atoms with Gasteiger partial charge in [-0.15, -0.1) is 0 Å². The number of pyridine rings is 1. The molecule has 0 saturated heterocycles. The molecule has 1 amide bonds. The molecule has 0 aliphatic heterocycles. The molecule has 16 heavy (non-hydrogen) atoms. The van der Waals surface area contributed by atoms with Crippen LogP contribution in [-0.4, -0.2) is 35.6 Å². The van der Waals surface area contributed by atoms with Crippen molar-refractivity contribution in [3.63, 3.8) is 0 Å². The number of aromatic amines is 1. The van der Waals surface area contributed by atoms with Crippen molar-refractivity contribution in [1.82, 2.24) is 9.88 Å². The number of H-pyrrole nitrogens is 1. The summed E-state index contributed by atoms with van der Waals surface area (Å²) in [6.07, 6.45) is -4.46. The highest BCUT2D eigenvalue weighted by molar-refractivity contribution is 5.92. The lowest BCUT2D eigenvalue weighted by Crippen LogP contribution is -2.36. The van der Waals surface area contributed by atoms with E-state index in [1.165, 1.54) is 18.2 Å². The van der Waals surface area contributed by atoms with Crippen molar-refractivity contribution in [3.8, 4) is 0 Å². The third kappa shape index (κ3) is 3.41. The van der Waals surface area contributed by atoms with E-state index in [0.29, 0.717) is 4.90 Å². The highest BCUT2D eigenvalue weighted by atomic mass is 19.4. The van der Waals surface area contributed by atoms with Crippen LogP contribution in [-0.2, 0) is 0 Å². The molecule has 0 aliphatic rings. The Labute approximate surface area is 88.7 Å². The molecular formula is C9H9F3N2O2. The van der Waals surface area contributed by atoms with Crippen LogP contribution in [0.3, 0.4) is 0 Å². The SMILES string of the molecule is CN(CC(F)(F)F)C(=O)c1cccc(=O)[nH]1. The maximum absolute atomic E-state index is 12.0. The number of amides is 1. The Balaban J connectivity index is 2.83. The largest absolute Gasteiger partial charge is 0.406 e. The minimum Gasteiger partial charge on any atom is -0.331 e. The van der Waals surface area contributed by atoms with Crippen LogP contribution < -0.4 is 5.56 Å². The third-order valence-electron chi connectivity index (χ3n) is 1.76. The second-order valence-electron chi connectivity index (χ2n) is 3.21. The highest BCUT2D eigenvalue weighted by Gasteiger charge is 2.31. The molecule has 7 heteroatoms. The topological polar surface area (TPSA) is 53.2 Å². The van der Waals surface area contributed by atoms with Crippen molar-refractivity contribution in [1.29, 1.82) is 0 Å². The summed E-state index contributed by atoms with van der Waals surface area (Å²) in [5.41, 5.74) is -0.703. The van der Waals surface area contributed by atoms with Crippen LogP contribution in [0.15, 0.2) is 23.0 Å². The van der Waals surface area contributed by atoms with E-state index in [-0.39, 0.29) is 5.69 Å². The first-order valence-corrected chi connectivity index (χ1v) is 4.31. The van der Waals surface area contributed by atoms with Crippen LogP contribution in [0.5, 0.6) is 0 Å². The number of hydrogen-bond acceptors (Lipinski definition) is 2. The van der Waals surface area contributed by atoms with Gasteiger partial charge in [0.05, 0.1) is 0 Å². The van der Waals surface area contributed by atoms with Crippen LogP contribution in [0, 0.1) is 0 Å². The number of alkyl halides is 3. The van der Waals surface area contributed by atoms with Gasteiger partial charge < -0.3 is 9.88 Å². The fourth-order valence-electron chi connectivity index (χ4n) is 1.12. The second-order valence-corrected chi connectivity index (χ2v) is 3.21. The molecule has 1 rings (SSSR count). The Morgan fingerprint density at radius 3 is 2.56 bits per heavy atom. The van der Waals surface area contributed by atoms with Crippen molar-refractivity contribution in [3.05, 3.63) is 34.2 Å². The summed E-state index contributed by atoms with van der Waals surface area (Å²) >= 11 is 0. The van der Waals surface area contributed by atoms with Gasteiger partial charge in [0.15, 0.2) is 0 Å². The molecule has 88 valence electrons. The molecular weight excluding hydrogens is 225 g/mol. The van der Waals surface area contributed by atoms with Gasteiger partial charge in [-0.25, -0.2) is 0 Å². The van der Waals surface area contributed by atoms with E-state index in [9.17, 15) is 22.8 Å². The molecule has 1 N–H and O–H groups in total. The van der Waals surface area contributed by atoms with Gasteiger partial charge in [-0.2, -0.15) is 13.2 Å². The lowest BCUT2D eigenvalue weighted by molar-refractivity contribution is -0.138. The number of halogens is 3. The number of aromatic nitrogens is 1. The quantitative estimate of drug-likeness (QED) is 0.830. The van der Waals surface area contributed by atoms with Crippen molar-refractivity contribution < 1.29 is 18.0 Å². The van der Waals surface area contributed by atoms with E-state index >= 15 is 0 Å². The Morgan fingerprint density at radius 1 is 1.44 bits per heavy atom. The average molecular weight is 234 g/mol. The number of nitrogens with one attached hydrogen (secondary N) is 1. The van der Waals surface area contributed by atoms with E-state index in [1.807, 2.05) is 0 Å². The Bertz CT molecular complexity index is 439. The Hall–Kier alpha value is -1.79. The first kappa shape index (κ1) is 12.3. The Kier molecular flexibility index (Phi) is 3.36. The summed E-state index contributed by atoms with van der Waals surface area (Å²) in [6.45, 7) is -1.36. The van der Waals surface area contributed by atoms with Crippen LogP contribution in [0.1, 0.15) is 10.5 Å². The van der Waals surface area contributed by atoms with Crippen LogP contribution in [0.4, 0.5) is 13.2 Å². The van der Waals surface area contributed by atoms with Crippen molar-refractivity contribution in [2.45, 2.75) is 6.18 Å². The minimum atomic E-state index is -4.46. The van der Waals surface area contributed by atoms with Crippen molar-refractivity contribution >= 4 is 5.91 Å². The van der Waals surface area contributed by atoms with Crippen LogP contribution >= 0.6 is 0 Å². The average Bonchev–Trinajstić information content (AvgIpc) is 2.14. The van der Waals surface area contributed by atoms with Gasteiger partial charge in [-0.1, -0.05) is 6.07 Å². The molecule has 0 aromatic carbocycles. The maximum Gasteiger partial charge on any atom is 0.406 e. The summed E-state index contributed by atoms with van der Waals surface area (Å²) in [7, 11) is 1.02. The molecule has 4 nitrogen and oxygen atoms in total. The standard InChI is InChI=1S/C9H9F3N2O2/c1-14(5-9(10,11)12)8(16)6-3-2-4-7(15)13-6/h2-4H,5H2,1H3,(H,13,15). The zero-order chi connectivity index (χ0) is 12.3. The zero-order valence-corrected chi connectivity index (χ0v) is 8.34. The van der Waals surface area contributed by atoms with Gasteiger partial charge in [0.25, 0.3) is 5.91 Å². The molecule has 0 fully saturated rings. The number of rotatable bonds is 2. The van der Waals surface area contributed by atoms with Crippen molar-refractivity contribution in [2.75, 3.05) is 13.6 Å². The molecule has 1 heterocycles. The molecule has 0 aliphatic carbocycles. The molecule has 0 unspecified atom stereocenters. The summed E-state index contributed by atoms with van der Waals surface area (Å²) in [5, 5.41) is 0. The summed E-state index contributed by atoms with van der Waals surface area (Å²) in [4.78, 5) is 24.9. The van der Waals surface area contributed by atoms with Gasteiger partial charge in [0, 0.05) is 13.1 Å². The molecule has 0 bridgehead atoms. The summed E-state index contributed by atoms with van der Waals surface area (Å²) < 4.78 is 36.0. The second kappa shape index (κ2) is 4.38. The lowest BCUT2D eigenvalue weighted by Gasteiger charge is -2.18. The predicted molar refractivity (Wildman–Crippen MR) is 50.1 cm³/mol. The smallest absolute Gasteiger partial charge is 0.331 e. The Morgan fingerprint density at radius 2 is 2.06 bits per heavy atom. The summed E-state index contributed by atoms with van der Waals surface area (Å²) in [6, 6.07) is 3.71. The maximum atomic E-state index is 12.0. The van der Waals surface area contributed by atoms with E-state index in [4.69, 9.17) is 0 Å². The van der Waals surface area contributed by atoms with Gasteiger partial charge in [0.2, 0.25) is 5.56 Å². The van der Waals surface area contributed by atoms with E-state index in [0.717, 1.165) is 7.05 Å². The highest BCUT2D eigenvalue weighted by Crippen LogP contribution is 2.16. The van der Waals surface area contributed by atoms with E-state index in [1.54, 1.807) is 0 Å². The van der Waals surface area contributed by atoms with Crippen LogP contribution in [0.25, 0.3) is 0 Å². The molecule has 1 aromatic heterocycles. The fraction of sp³-hybridized carbons (Fsp3) is 0.333. The molecule has 1 aromatic rings. The van der Waals surface area contributed by atoms with Gasteiger partial charge in [-0.05, 0) is 6.07 Å². The van der Waals surface area contributed by atoms with E-state index in [2.05, 4.69) is 4.98 Å². The first-order chi connectivity index (χ1) is 7.29. The molecule has 0 spiro atoms. The zero-order valence-electron chi connectivity index (χ0n) is 8.34. The van der Waals surface area contributed by atoms with Crippen LogP contribution in [0.2, 0.25) is 0 Å². The molecule has 0 saturated carbocycles. The number of carbonyl (C=O) groups excluding carboxylic acids is 1. The number of carbonyl (C=O) groups is 1. The predicted octanol–water partition coefficient (Wildman–Crippen LogP) is 1.01. The number of nitrogens with zero attached hydrogens (tertiary/aromatic N) is 1.